The van der Waals surface area contributed by atoms with Crippen LogP contribution in [0.25, 0.3) is 6.08 Å². The Bertz CT molecular complexity index is 661. The highest BCUT2D eigenvalue weighted by atomic mass is 32.2. The van der Waals surface area contributed by atoms with E-state index < -0.39 is 0 Å². The van der Waals surface area contributed by atoms with Gasteiger partial charge in [0.2, 0.25) is 0 Å². The van der Waals surface area contributed by atoms with Crippen molar-refractivity contribution in [3.63, 3.8) is 0 Å². The number of furan rings is 1. The summed E-state index contributed by atoms with van der Waals surface area (Å²) in [7, 11) is 0. The van der Waals surface area contributed by atoms with Gasteiger partial charge in [-0.2, -0.15) is 0 Å². The number of hydrogen-bond donors (Lipinski definition) is 0. The minimum absolute atomic E-state index is 0.284. The number of carbonyl (C=O) groups is 2. The lowest BCUT2D eigenvalue weighted by molar-refractivity contribution is -0.123. The summed E-state index contributed by atoms with van der Waals surface area (Å²) < 4.78 is 11.1. The number of rotatable bonds is 4. The van der Waals surface area contributed by atoms with Gasteiger partial charge in [-0.15, -0.1) is 6.58 Å². The zero-order valence-corrected chi connectivity index (χ0v) is 13.7. The molecule has 0 bridgehead atoms. The van der Waals surface area contributed by atoms with E-state index in [-0.39, 0.29) is 17.2 Å². The average Bonchev–Trinajstić information content (AvgIpc) is 3.13. The Morgan fingerprint density at radius 3 is 2.74 bits per heavy atom. The summed E-state index contributed by atoms with van der Waals surface area (Å²) >= 11 is 0.922. The highest BCUT2D eigenvalue weighted by Crippen LogP contribution is 2.34. The fourth-order valence-electron chi connectivity index (χ4n) is 2.44. The Kier molecular flexibility index (Phi) is 4.58. The minimum Gasteiger partial charge on any atom is -0.441 e. The first-order valence-corrected chi connectivity index (χ1v) is 8.24. The van der Waals surface area contributed by atoms with Gasteiger partial charge in [-0.25, -0.2) is 0 Å². The van der Waals surface area contributed by atoms with Crippen molar-refractivity contribution in [3.05, 3.63) is 35.5 Å². The standard InChI is InChI=1S/C16H18N2O4S/c1-3-11(2)18-15(19)13(23-16(18)20)10-12-4-5-14(22-12)17-6-8-21-9-7-17/h3-5,10-11H,1,6-9H2,2H3/b13-10-. The van der Waals surface area contributed by atoms with Crippen molar-refractivity contribution in [2.24, 2.45) is 0 Å². The maximum Gasteiger partial charge on any atom is 0.294 e. The van der Waals surface area contributed by atoms with E-state index in [2.05, 4.69) is 11.5 Å². The van der Waals surface area contributed by atoms with Gasteiger partial charge in [0.15, 0.2) is 5.88 Å². The van der Waals surface area contributed by atoms with Crippen LogP contribution in [0.1, 0.15) is 12.7 Å². The van der Waals surface area contributed by atoms with E-state index in [9.17, 15) is 9.59 Å². The first-order chi connectivity index (χ1) is 11.1. The predicted molar refractivity (Wildman–Crippen MR) is 89.2 cm³/mol. The predicted octanol–water partition coefficient (Wildman–Crippen LogP) is 2.73. The molecule has 1 aromatic heterocycles. The Morgan fingerprint density at radius 1 is 1.30 bits per heavy atom. The van der Waals surface area contributed by atoms with Gasteiger partial charge < -0.3 is 14.1 Å². The van der Waals surface area contributed by atoms with E-state index in [0.717, 1.165) is 30.7 Å². The summed E-state index contributed by atoms with van der Waals surface area (Å²) in [6.07, 6.45) is 3.19. The SMILES string of the molecule is C=CC(C)N1C(=O)S/C(=C\c2ccc(N3CCOCC3)o2)C1=O. The van der Waals surface area contributed by atoms with Gasteiger partial charge in [-0.1, -0.05) is 6.08 Å². The molecule has 1 unspecified atom stereocenters. The van der Waals surface area contributed by atoms with Crippen molar-refractivity contribution in [3.8, 4) is 0 Å². The minimum atomic E-state index is -0.325. The number of thioether (sulfide) groups is 1. The largest absolute Gasteiger partial charge is 0.441 e. The van der Waals surface area contributed by atoms with Crippen LogP contribution in [0.5, 0.6) is 0 Å². The number of morpholine rings is 1. The zero-order chi connectivity index (χ0) is 16.4. The lowest BCUT2D eigenvalue weighted by Gasteiger charge is -2.26. The fraction of sp³-hybridized carbons (Fsp3) is 0.375. The molecular weight excluding hydrogens is 316 g/mol. The van der Waals surface area contributed by atoms with Gasteiger partial charge >= 0.3 is 0 Å². The van der Waals surface area contributed by atoms with Crippen LogP contribution in [0.2, 0.25) is 0 Å². The molecule has 7 heteroatoms. The molecule has 2 fully saturated rings. The number of anilines is 1. The van der Waals surface area contributed by atoms with Gasteiger partial charge in [0.05, 0.1) is 24.2 Å². The summed E-state index contributed by atoms with van der Waals surface area (Å²) in [6.45, 7) is 8.29. The first-order valence-electron chi connectivity index (χ1n) is 7.42. The molecule has 0 aromatic carbocycles. The lowest BCUT2D eigenvalue weighted by Crippen LogP contribution is -2.35. The maximum atomic E-state index is 12.3. The van der Waals surface area contributed by atoms with Crippen molar-refractivity contribution in [2.75, 3.05) is 31.2 Å². The van der Waals surface area contributed by atoms with Crippen LogP contribution in [0.15, 0.2) is 34.1 Å². The van der Waals surface area contributed by atoms with E-state index in [1.165, 1.54) is 4.90 Å². The molecule has 23 heavy (non-hydrogen) atoms. The molecule has 1 atom stereocenters. The molecule has 3 heterocycles. The van der Waals surface area contributed by atoms with Crippen molar-refractivity contribution in [1.29, 1.82) is 0 Å². The molecule has 2 saturated heterocycles. The molecule has 0 saturated carbocycles. The average molecular weight is 334 g/mol. The normalized spacial score (nSPS) is 22.0. The van der Waals surface area contributed by atoms with E-state index >= 15 is 0 Å². The zero-order valence-electron chi connectivity index (χ0n) is 12.9. The highest BCUT2D eigenvalue weighted by molar-refractivity contribution is 8.18. The van der Waals surface area contributed by atoms with E-state index in [1.807, 2.05) is 6.07 Å². The first kappa shape index (κ1) is 15.9. The Labute approximate surface area is 138 Å². The second-order valence-corrected chi connectivity index (χ2v) is 6.30. The molecule has 0 N–H and O–H groups in total. The van der Waals surface area contributed by atoms with E-state index in [4.69, 9.17) is 9.15 Å². The molecular formula is C16H18N2O4S. The van der Waals surface area contributed by atoms with Gasteiger partial charge in [0, 0.05) is 25.2 Å². The van der Waals surface area contributed by atoms with Crippen LogP contribution in [-0.2, 0) is 9.53 Å². The van der Waals surface area contributed by atoms with Crippen molar-refractivity contribution in [2.45, 2.75) is 13.0 Å². The molecule has 0 radical (unpaired) electrons. The fourth-order valence-corrected chi connectivity index (χ4v) is 3.34. The molecule has 0 spiro atoms. The second-order valence-electron chi connectivity index (χ2n) is 5.30. The smallest absolute Gasteiger partial charge is 0.294 e. The topological polar surface area (TPSA) is 63.0 Å². The lowest BCUT2D eigenvalue weighted by atomic mass is 10.3. The van der Waals surface area contributed by atoms with Gasteiger partial charge in [-0.3, -0.25) is 14.5 Å². The van der Waals surface area contributed by atoms with Gasteiger partial charge in [0.25, 0.3) is 11.1 Å². The Balaban J connectivity index is 1.77. The quantitative estimate of drug-likeness (QED) is 0.623. The van der Waals surface area contributed by atoms with Crippen molar-refractivity contribution >= 4 is 34.9 Å². The number of nitrogens with zero attached hydrogens (tertiary/aromatic N) is 2. The van der Waals surface area contributed by atoms with Crippen LogP contribution in [-0.4, -0.2) is 48.4 Å². The maximum absolute atomic E-state index is 12.3. The summed E-state index contributed by atoms with van der Waals surface area (Å²) in [4.78, 5) is 28.0. The third kappa shape index (κ3) is 3.20. The number of ether oxygens (including phenoxy) is 1. The summed E-state index contributed by atoms with van der Waals surface area (Å²) in [5.41, 5.74) is 0. The summed E-state index contributed by atoms with van der Waals surface area (Å²) in [5.74, 6) is 0.998. The van der Waals surface area contributed by atoms with Crippen molar-refractivity contribution in [1.82, 2.24) is 4.90 Å². The van der Waals surface area contributed by atoms with Crippen LogP contribution < -0.4 is 4.90 Å². The van der Waals surface area contributed by atoms with Crippen LogP contribution in [0.3, 0.4) is 0 Å². The van der Waals surface area contributed by atoms with Gasteiger partial charge in [0.1, 0.15) is 5.76 Å². The van der Waals surface area contributed by atoms with Crippen LogP contribution >= 0.6 is 11.8 Å². The summed E-state index contributed by atoms with van der Waals surface area (Å²) in [5, 5.41) is -0.284. The molecule has 6 nitrogen and oxygen atoms in total. The van der Waals surface area contributed by atoms with Gasteiger partial charge in [-0.05, 0) is 24.8 Å². The number of imide groups is 1. The van der Waals surface area contributed by atoms with E-state index in [1.54, 1.807) is 25.1 Å². The van der Waals surface area contributed by atoms with Crippen LogP contribution in [0, 0.1) is 0 Å². The molecule has 2 amide bonds. The molecule has 122 valence electrons. The van der Waals surface area contributed by atoms with Crippen LogP contribution in [0.4, 0.5) is 10.7 Å². The third-order valence-corrected chi connectivity index (χ3v) is 4.66. The number of hydrogen-bond acceptors (Lipinski definition) is 6. The van der Waals surface area contributed by atoms with E-state index in [0.29, 0.717) is 23.9 Å². The molecule has 1 aromatic rings. The molecule has 2 aliphatic rings. The second kappa shape index (κ2) is 6.64. The molecule has 2 aliphatic heterocycles. The molecule has 0 aliphatic carbocycles. The van der Waals surface area contributed by atoms with Crippen molar-refractivity contribution < 1.29 is 18.7 Å². The highest BCUT2D eigenvalue weighted by Gasteiger charge is 2.37. The number of amides is 2. The number of carbonyl (C=O) groups excluding carboxylic acids is 2. The third-order valence-electron chi connectivity index (χ3n) is 3.78. The molecule has 3 rings (SSSR count). The Hall–Kier alpha value is -1.99. The Morgan fingerprint density at radius 2 is 2.04 bits per heavy atom. The monoisotopic (exact) mass is 334 g/mol. The summed E-state index contributed by atoms with van der Waals surface area (Å²) in [6, 6.07) is 3.35.